The first-order chi connectivity index (χ1) is 12.7. The fourth-order valence-corrected chi connectivity index (χ4v) is 4.79. The minimum Gasteiger partial charge on any atom is -0.323 e. The Morgan fingerprint density at radius 1 is 1.26 bits per heavy atom. The molecule has 9 heteroatoms. The van der Waals surface area contributed by atoms with E-state index >= 15 is 0 Å². The Morgan fingerprint density at radius 2 is 1.93 bits per heavy atom. The normalized spacial score (nSPS) is 17.6. The second-order valence-electron chi connectivity index (χ2n) is 6.75. The molecule has 1 aromatic carbocycles. The lowest BCUT2D eigenvalue weighted by atomic mass is 10.2. The van der Waals surface area contributed by atoms with Crippen LogP contribution in [-0.4, -0.2) is 61.5 Å². The molecule has 1 aliphatic rings. The van der Waals surface area contributed by atoms with Crippen LogP contribution in [0.25, 0.3) is 0 Å². The Balaban J connectivity index is 1.88. The van der Waals surface area contributed by atoms with E-state index in [4.69, 9.17) is 11.6 Å². The molecule has 0 saturated carbocycles. The molecule has 1 amide bonds. The number of halogens is 2. The van der Waals surface area contributed by atoms with Crippen molar-refractivity contribution < 1.29 is 17.6 Å². The van der Waals surface area contributed by atoms with Gasteiger partial charge in [-0.25, -0.2) is 12.8 Å². The van der Waals surface area contributed by atoms with Crippen molar-refractivity contribution >= 4 is 33.2 Å². The standard InChI is InChI=1S/C18H27ClFN3O3S/c1-3-4-5-12-27(25,26)23-10-8-22(9-11-23)14(2)18(24)21-17-7-6-15(20)13-16(17)19/h6-7,13-14H,3-5,8-12H2,1-2H3,(H,21,24). The molecule has 0 radical (unpaired) electrons. The smallest absolute Gasteiger partial charge is 0.241 e. The first kappa shape index (κ1) is 22.1. The maximum Gasteiger partial charge on any atom is 0.241 e. The van der Waals surface area contributed by atoms with Gasteiger partial charge in [-0.15, -0.1) is 0 Å². The van der Waals surface area contributed by atoms with Gasteiger partial charge in [0.25, 0.3) is 0 Å². The van der Waals surface area contributed by atoms with Crippen LogP contribution in [0.4, 0.5) is 10.1 Å². The molecule has 1 aromatic rings. The van der Waals surface area contributed by atoms with Gasteiger partial charge in [0.2, 0.25) is 15.9 Å². The second-order valence-corrected chi connectivity index (χ2v) is 9.24. The van der Waals surface area contributed by atoms with Crippen LogP contribution in [-0.2, 0) is 14.8 Å². The number of sulfonamides is 1. The molecule has 1 unspecified atom stereocenters. The number of nitrogens with zero attached hydrogens (tertiary/aromatic N) is 2. The molecule has 1 atom stereocenters. The zero-order valence-electron chi connectivity index (χ0n) is 15.7. The lowest BCUT2D eigenvalue weighted by Gasteiger charge is -2.36. The number of rotatable bonds is 8. The molecule has 1 N–H and O–H groups in total. The summed E-state index contributed by atoms with van der Waals surface area (Å²) in [5, 5.41) is 2.84. The molecule has 1 saturated heterocycles. The first-order valence-corrected chi connectivity index (χ1v) is 11.2. The predicted molar refractivity (Wildman–Crippen MR) is 106 cm³/mol. The average molecular weight is 420 g/mol. The monoisotopic (exact) mass is 419 g/mol. The average Bonchev–Trinajstić information content (AvgIpc) is 2.63. The Kier molecular flexibility index (Phi) is 8.03. The highest BCUT2D eigenvalue weighted by Crippen LogP contribution is 2.23. The van der Waals surface area contributed by atoms with Gasteiger partial charge in [0, 0.05) is 26.2 Å². The number of hydrogen-bond donors (Lipinski definition) is 1. The van der Waals surface area contributed by atoms with E-state index in [1.54, 1.807) is 6.92 Å². The van der Waals surface area contributed by atoms with Crippen molar-refractivity contribution in [3.63, 3.8) is 0 Å². The van der Waals surface area contributed by atoms with Gasteiger partial charge in [0.05, 0.1) is 22.5 Å². The second kappa shape index (κ2) is 9.82. The molecule has 152 valence electrons. The summed E-state index contributed by atoms with van der Waals surface area (Å²) in [6, 6.07) is 3.35. The molecule has 2 rings (SSSR count). The van der Waals surface area contributed by atoms with Crippen LogP contribution in [0.3, 0.4) is 0 Å². The lowest BCUT2D eigenvalue weighted by Crippen LogP contribution is -2.54. The maximum atomic E-state index is 13.1. The van der Waals surface area contributed by atoms with Gasteiger partial charge in [-0.1, -0.05) is 31.4 Å². The molecule has 0 aliphatic carbocycles. The van der Waals surface area contributed by atoms with Crippen molar-refractivity contribution in [3.8, 4) is 0 Å². The number of unbranched alkanes of at least 4 members (excludes halogenated alkanes) is 2. The highest BCUT2D eigenvalue weighted by molar-refractivity contribution is 7.89. The number of hydrogen-bond acceptors (Lipinski definition) is 4. The van der Waals surface area contributed by atoms with Gasteiger partial charge in [-0.2, -0.15) is 4.31 Å². The van der Waals surface area contributed by atoms with E-state index < -0.39 is 21.9 Å². The third-order valence-corrected chi connectivity index (χ3v) is 7.06. The Labute approximate surface area is 165 Å². The van der Waals surface area contributed by atoms with Crippen LogP contribution in [0.2, 0.25) is 5.02 Å². The van der Waals surface area contributed by atoms with Crippen LogP contribution in [0, 0.1) is 5.82 Å². The van der Waals surface area contributed by atoms with Crippen LogP contribution in [0.15, 0.2) is 18.2 Å². The molecular weight excluding hydrogens is 393 g/mol. The van der Waals surface area contributed by atoms with E-state index in [0.29, 0.717) is 38.3 Å². The number of anilines is 1. The summed E-state index contributed by atoms with van der Waals surface area (Å²) in [7, 11) is -3.23. The van der Waals surface area contributed by atoms with Gasteiger partial charge in [0.1, 0.15) is 5.82 Å². The zero-order chi connectivity index (χ0) is 20.0. The molecule has 0 aromatic heterocycles. The molecule has 0 spiro atoms. The quantitative estimate of drug-likeness (QED) is 0.658. The van der Waals surface area contributed by atoms with Crippen LogP contribution in [0.1, 0.15) is 33.1 Å². The van der Waals surface area contributed by atoms with E-state index in [1.165, 1.54) is 16.4 Å². The molecule has 1 fully saturated rings. The number of benzene rings is 1. The van der Waals surface area contributed by atoms with Gasteiger partial charge in [-0.05, 0) is 31.5 Å². The number of carbonyl (C=O) groups is 1. The molecular formula is C18H27ClFN3O3S. The number of carbonyl (C=O) groups excluding carboxylic acids is 1. The number of amides is 1. The third kappa shape index (κ3) is 6.14. The SMILES string of the molecule is CCCCCS(=O)(=O)N1CCN(C(C)C(=O)Nc2ccc(F)cc2Cl)CC1. The molecule has 1 aliphatic heterocycles. The topological polar surface area (TPSA) is 69.7 Å². The summed E-state index contributed by atoms with van der Waals surface area (Å²) in [4.78, 5) is 14.4. The van der Waals surface area contributed by atoms with E-state index in [2.05, 4.69) is 5.32 Å². The molecule has 1 heterocycles. The molecule has 6 nitrogen and oxygen atoms in total. The molecule has 27 heavy (non-hydrogen) atoms. The minimum absolute atomic E-state index is 0.138. The minimum atomic E-state index is -3.23. The van der Waals surface area contributed by atoms with E-state index in [9.17, 15) is 17.6 Å². The summed E-state index contributed by atoms with van der Waals surface area (Å²) in [5.74, 6) is -0.551. The van der Waals surface area contributed by atoms with Gasteiger partial charge < -0.3 is 5.32 Å². The van der Waals surface area contributed by atoms with E-state index in [1.807, 2.05) is 11.8 Å². The first-order valence-electron chi connectivity index (χ1n) is 9.22. The predicted octanol–water partition coefficient (Wildman–Crippen LogP) is 2.94. The summed E-state index contributed by atoms with van der Waals surface area (Å²) in [5.41, 5.74) is 0.354. The van der Waals surface area contributed by atoms with E-state index in [-0.39, 0.29) is 16.7 Å². The van der Waals surface area contributed by atoms with Crippen LogP contribution < -0.4 is 5.32 Å². The van der Waals surface area contributed by atoms with E-state index in [0.717, 1.165) is 18.9 Å². The van der Waals surface area contributed by atoms with Crippen molar-refractivity contribution in [2.75, 3.05) is 37.2 Å². The fraction of sp³-hybridized carbons (Fsp3) is 0.611. The highest BCUT2D eigenvalue weighted by Gasteiger charge is 2.30. The summed E-state index contributed by atoms with van der Waals surface area (Å²) in [6.45, 7) is 5.53. The molecule has 0 bridgehead atoms. The number of nitrogens with one attached hydrogen (secondary N) is 1. The number of piperazine rings is 1. The highest BCUT2D eigenvalue weighted by atomic mass is 35.5. The Morgan fingerprint density at radius 3 is 2.52 bits per heavy atom. The zero-order valence-corrected chi connectivity index (χ0v) is 17.3. The fourth-order valence-electron chi connectivity index (χ4n) is 3.03. The Bertz CT molecular complexity index is 752. The van der Waals surface area contributed by atoms with Crippen molar-refractivity contribution in [2.45, 2.75) is 39.2 Å². The Hall–Kier alpha value is -1.22. The maximum absolute atomic E-state index is 13.1. The van der Waals surface area contributed by atoms with Crippen molar-refractivity contribution in [3.05, 3.63) is 29.0 Å². The van der Waals surface area contributed by atoms with Crippen molar-refractivity contribution in [1.29, 1.82) is 0 Å². The van der Waals surface area contributed by atoms with Gasteiger partial charge in [0.15, 0.2) is 0 Å². The van der Waals surface area contributed by atoms with Gasteiger partial charge >= 0.3 is 0 Å². The summed E-state index contributed by atoms with van der Waals surface area (Å²) in [6.07, 6.45) is 2.56. The van der Waals surface area contributed by atoms with Crippen LogP contribution >= 0.6 is 11.6 Å². The van der Waals surface area contributed by atoms with Crippen molar-refractivity contribution in [2.24, 2.45) is 0 Å². The lowest BCUT2D eigenvalue weighted by molar-refractivity contribution is -0.121. The van der Waals surface area contributed by atoms with Crippen LogP contribution in [0.5, 0.6) is 0 Å². The van der Waals surface area contributed by atoms with Gasteiger partial charge in [-0.3, -0.25) is 9.69 Å². The third-order valence-electron chi connectivity index (χ3n) is 4.79. The summed E-state index contributed by atoms with van der Waals surface area (Å²) < 4.78 is 39.3. The van der Waals surface area contributed by atoms with Crippen molar-refractivity contribution in [1.82, 2.24) is 9.21 Å². The largest absolute Gasteiger partial charge is 0.323 e. The summed E-state index contributed by atoms with van der Waals surface area (Å²) >= 11 is 5.94.